The van der Waals surface area contributed by atoms with E-state index >= 15 is 0 Å². The molecule has 5 nitrogen and oxygen atoms in total. The van der Waals surface area contributed by atoms with E-state index < -0.39 is 12.0 Å². The van der Waals surface area contributed by atoms with Crippen molar-refractivity contribution in [1.29, 1.82) is 0 Å². The molecule has 1 fully saturated rings. The van der Waals surface area contributed by atoms with Gasteiger partial charge in [-0.05, 0) is 30.4 Å². The van der Waals surface area contributed by atoms with Crippen molar-refractivity contribution < 1.29 is 14.7 Å². The van der Waals surface area contributed by atoms with Crippen molar-refractivity contribution in [2.24, 2.45) is 5.41 Å². The highest BCUT2D eigenvalue weighted by atomic mass is 16.4. The Balaban J connectivity index is 2.11. The van der Waals surface area contributed by atoms with Crippen molar-refractivity contribution in [3.63, 3.8) is 0 Å². The van der Waals surface area contributed by atoms with E-state index in [0.717, 1.165) is 12.8 Å². The third-order valence-corrected chi connectivity index (χ3v) is 3.79. The highest BCUT2D eigenvalue weighted by Gasteiger charge is 2.35. The highest BCUT2D eigenvalue weighted by molar-refractivity contribution is 6.03. The normalized spacial score (nSPS) is 18.9. The lowest BCUT2D eigenvalue weighted by Crippen LogP contribution is -2.52. The number of anilines is 1. The maximum Gasteiger partial charge on any atom is 0.336 e. The lowest BCUT2D eigenvalue weighted by atomic mass is 9.84. The molecular weight excluding hydrogens is 268 g/mol. The van der Waals surface area contributed by atoms with Crippen molar-refractivity contribution >= 4 is 17.6 Å². The van der Waals surface area contributed by atoms with E-state index in [2.05, 4.69) is 19.2 Å². The Morgan fingerprint density at radius 2 is 1.95 bits per heavy atom. The second-order valence-electron chi connectivity index (χ2n) is 6.31. The summed E-state index contributed by atoms with van der Waals surface area (Å²) in [5.41, 5.74) is 0.679. The Labute approximate surface area is 125 Å². The number of benzene rings is 1. The van der Waals surface area contributed by atoms with Crippen LogP contribution in [0.5, 0.6) is 0 Å². The summed E-state index contributed by atoms with van der Waals surface area (Å²) in [6, 6.07) is 7.72. The Bertz CT molecular complexity index is 514. The number of amides is 1. The molecule has 1 aromatic carbocycles. The summed E-state index contributed by atoms with van der Waals surface area (Å²) in [5.74, 6) is -1.51. The van der Waals surface area contributed by atoms with Crippen LogP contribution >= 0.6 is 0 Å². The average Bonchev–Trinajstić information content (AvgIpc) is 2.44. The first-order valence-corrected chi connectivity index (χ1v) is 7.22. The first-order valence-electron chi connectivity index (χ1n) is 7.22. The smallest absolute Gasteiger partial charge is 0.336 e. The number of hydrogen-bond acceptors (Lipinski definition) is 3. The first-order chi connectivity index (χ1) is 9.89. The number of carbonyl (C=O) groups is 2. The molecule has 1 aliphatic rings. The molecule has 2 N–H and O–H groups in total. The van der Waals surface area contributed by atoms with E-state index in [4.69, 9.17) is 0 Å². The van der Waals surface area contributed by atoms with Gasteiger partial charge in [-0.25, -0.2) is 4.79 Å². The molecule has 0 bridgehead atoms. The third-order valence-electron chi connectivity index (χ3n) is 3.79. The van der Waals surface area contributed by atoms with Gasteiger partial charge in [-0.2, -0.15) is 0 Å². The zero-order valence-corrected chi connectivity index (χ0v) is 12.5. The van der Waals surface area contributed by atoms with Crippen LogP contribution in [0.3, 0.4) is 0 Å². The van der Waals surface area contributed by atoms with E-state index in [9.17, 15) is 14.7 Å². The van der Waals surface area contributed by atoms with Gasteiger partial charge < -0.3 is 15.3 Å². The van der Waals surface area contributed by atoms with Crippen LogP contribution in [0.1, 0.15) is 26.7 Å². The SMILES string of the molecule is CC1(C)CCCN(C(=O)C(Nc2ccccc2)C(=O)O)C1. The number of rotatable bonds is 4. The Hall–Kier alpha value is -2.04. The number of carbonyl (C=O) groups excluding carboxylic acids is 1. The van der Waals surface area contributed by atoms with Gasteiger partial charge in [-0.1, -0.05) is 32.0 Å². The number of nitrogens with one attached hydrogen (secondary N) is 1. The highest BCUT2D eigenvalue weighted by Crippen LogP contribution is 2.28. The number of aliphatic carboxylic acids is 1. The molecule has 1 unspecified atom stereocenters. The van der Waals surface area contributed by atoms with E-state index in [0.29, 0.717) is 18.8 Å². The fraction of sp³-hybridized carbons (Fsp3) is 0.500. The fourth-order valence-corrected chi connectivity index (χ4v) is 2.72. The first kappa shape index (κ1) is 15.4. The molecule has 21 heavy (non-hydrogen) atoms. The molecule has 0 aromatic heterocycles. The van der Waals surface area contributed by atoms with Crippen molar-refractivity contribution in [2.45, 2.75) is 32.7 Å². The number of carboxylic acid groups (broad SMARTS) is 1. The number of hydrogen-bond donors (Lipinski definition) is 2. The van der Waals surface area contributed by atoms with Gasteiger partial charge >= 0.3 is 5.97 Å². The Morgan fingerprint density at radius 3 is 2.52 bits per heavy atom. The van der Waals surface area contributed by atoms with Crippen molar-refractivity contribution in [1.82, 2.24) is 4.90 Å². The van der Waals surface area contributed by atoms with Gasteiger partial charge in [0.05, 0.1) is 0 Å². The second-order valence-corrected chi connectivity index (χ2v) is 6.31. The van der Waals surface area contributed by atoms with Gasteiger partial charge in [-0.3, -0.25) is 4.79 Å². The van der Waals surface area contributed by atoms with E-state index in [-0.39, 0.29) is 11.3 Å². The Kier molecular flexibility index (Phi) is 4.50. The number of nitrogens with zero attached hydrogens (tertiary/aromatic N) is 1. The molecule has 0 aliphatic carbocycles. The van der Waals surface area contributed by atoms with Crippen LogP contribution in [-0.4, -0.2) is 41.0 Å². The van der Waals surface area contributed by atoms with Crippen LogP contribution in [0, 0.1) is 5.41 Å². The predicted octanol–water partition coefficient (Wildman–Crippen LogP) is 2.20. The molecule has 0 spiro atoms. The van der Waals surface area contributed by atoms with Crippen LogP contribution in [0.2, 0.25) is 0 Å². The minimum absolute atomic E-state index is 0.0453. The molecule has 1 aliphatic heterocycles. The zero-order valence-electron chi connectivity index (χ0n) is 12.5. The molecule has 0 radical (unpaired) electrons. The molecule has 0 saturated carbocycles. The van der Waals surface area contributed by atoms with E-state index in [1.54, 1.807) is 29.2 Å². The summed E-state index contributed by atoms with van der Waals surface area (Å²) in [5, 5.41) is 12.2. The molecule has 1 saturated heterocycles. The zero-order chi connectivity index (χ0) is 15.5. The van der Waals surface area contributed by atoms with Gasteiger partial charge in [0.25, 0.3) is 5.91 Å². The molecule has 1 amide bonds. The maximum atomic E-state index is 12.5. The largest absolute Gasteiger partial charge is 0.479 e. The molecule has 1 heterocycles. The number of piperidine rings is 1. The van der Waals surface area contributed by atoms with Crippen LogP contribution < -0.4 is 5.32 Å². The summed E-state index contributed by atoms with van der Waals surface area (Å²) in [4.78, 5) is 25.6. The standard InChI is InChI=1S/C16H22N2O3/c1-16(2)9-6-10-18(11-16)14(19)13(15(20)21)17-12-7-4-3-5-8-12/h3-5,7-8,13,17H,6,9-11H2,1-2H3,(H,20,21). The minimum atomic E-state index is -1.23. The number of likely N-dealkylation sites (tertiary alicyclic amines) is 1. The molecule has 1 atom stereocenters. The van der Waals surface area contributed by atoms with Crippen LogP contribution in [-0.2, 0) is 9.59 Å². The quantitative estimate of drug-likeness (QED) is 0.834. The van der Waals surface area contributed by atoms with E-state index in [1.165, 1.54) is 0 Å². The maximum absolute atomic E-state index is 12.5. The van der Waals surface area contributed by atoms with E-state index in [1.807, 2.05) is 6.07 Å². The lowest BCUT2D eigenvalue weighted by molar-refractivity contribution is -0.147. The average molecular weight is 290 g/mol. The number of para-hydroxylation sites is 1. The predicted molar refractivity (Wildman–Crippen MR) is 81.1 cm³/mol. The van der Waals surface area contributed by atoms with Gasteiger partial charge in [0.2, 0.25) is 6.04 Å². The van der Waals surface area contributed by atoms with Crippen LogP contribution in [0.25, 0.3) is 0 Å². The van der Waals surface area contributed by atoms with Crippen molar-refractivity contribution in [2.75, 3.05) is 18.4 Å². The molecular formula is C16H22N2O3. The topological polar surface area (TPSA) is 69.6 Å². The van der Waals surface area contributed by atoms with Crippen LogP contribution in [0.15, 0.2) is 30.3 Å². The second kappa shape index (κ2) is 6.16. The molecule has 114 valence electrons. The summed E-state index contributed by atoms with van der Waals surface area (Å²) < 4.78 is 0. The van der Waals surface area contributed by atoms with Gasteiger partial charge in [0.1, 0.15) is 0 Å². The molecule has 2 rings (SSSR count). The lowest BCUT2D eigenvalue weighted by Gasteiger charge is -2.39. The summed E-state index contributed by atoms with van der Waals surface area (Å²) >= 11 is 0. The summed E-state index contributed by atoms with van der Waals surface area (Å²) in [6.45, 7) is 5.44. The summed E-state index contributed by atoms with van der Waals surface area (Å²) in [7, 11) is 0. The van der Waals surface area contributed by atoms with Crippen molar-refractivity contribution in [3.05, 3.63) is 30.3 Å². The fourth-order valence-electron chi connectivity index (χ4n) is 2.72. The van der Waals surface area contributed by atoms with Gasteiger partial charge in [0, 0.05) is 18.8 Å². The molecule has 1 aromatic rings. The minimum Gasteiger partial charge on any atom is -0.479 e. The number of carboxylic acids is 1. The van der Waals surface area contributed by atoms with Crippen LogP contribution in [0.4, 0.5) is 5.69 Å². The van der Waals surface area contributed by atoms with Gasteiger partial charge in [0.15, 0.2) is 0 Å². The third kappa shape index (κ3) is 3.97. The van der Waals surface area contributed by atoms with Gasteiger partial charge in [-0.15, -0.1) is 0 Å². The van der Waals surface area contributed by atoms with Crippen molar-refractivity contribution in [3.8, 4) is 0 Å². The molecule has 5 heteroatoms. The summed E-state index contributed by atoms with van der Waals surface area (Å²) in [6.07, 6.45) is 1.97. The Morgan fingerprint density at radius 1 is 1.29 bits per heavy atom. The monoisotopic (exact) mass is 290 g/mol.